The minimum Gasteiger partial charge on any atom is -0.341 e. The molecule has 0 saturated heterocycles. The summed E-state index contributed by atoms with van der Waals surface area (Å²) in [6, 6.07) is 11.3. The van der Waals surface area contributed by atoms with Gasteiger partial charge in [-0.3, -0.25) is 4.79 Å². The standard InChI is InChI=1S/C18H20N2O2S/c1-11-9-15(20-18(22)19-4)10-12(2)17(11)23-16-7-5-14(6-8-16)13(3)21/h5-10H,1-4H3,(H2,19,20,22). The molecule has 2 amide bonds. The van der Waals surface area contributed by atoms with Gasteiger partial charge < -0.3 is 10.6 Å². The summed E-state index contributed by atoms with van der Waals surface area (Å²) in [5.41, 5.74) is 3.68. The van der Waals surface area contributed by atoms with E-state index in [1.165, 1.54) is 0 Å². The molecule has 0 aromatic heterocycles. The zero-order chi connectivity index (χ0) is 17.0. The van der Waals surface area contributed by atoms with E-state index in [1.807, 2.05) is 50.2 Å². The lowest BCUT2D eigenvalue weighted by molar-refractivity contribution is 0.101. The average molecular weight is 328 g/mol. The van der Waals surface area contributed by atoms with Crippen LogP contribution in [0.25, 0.3) is 0 Å². The lowest BCUT2D eigenvalue weighted by Crippen LogP contribution is -2.24. The first-order valence-electron chi connectivity index (χ1n) is 7.29. The Kier molecular flexibility index (Phi) is 5.45. The van der Waals surface area contributed by atoms with Crippen LogP contribution in [-0.4, -0.2) is 18.9 Å². The van der Waals surface area contributed by atoms with Gasteiger partial charge in [-0.15, -0.1) is 0 Å². The van der Waals surface area contributed by atoms with Crippen molar-refractivity contribution in [2.24, 2.45) is 0 Å². The summed E-state index contributed by atoms with van der Waals surface area (Å²) in [4.78, 5) is 25.0. The van der Waals surface area contributed by atoms with Gasteiger partial charge in [-0.05, 0) is 56.2 Å². The zero-order valence-electron chi connectivity index (χ0n) is 13.7. The fourth-order valence-electron chi connectivity index (χ4n) is 2.25. The Morgan fingerprint density at radius 2 is 1.57 bits per heavy atom. The van der Waals surface area contributed by atoms with Crippen LogP contribution < -0.4 is 10.6 Å². The summed E-state index contributed by atoms with van der Waals surface area (Å²) >= 11 is 1.65. The molecule has 0 unspecified atom stereocenters. The van der Waals surface area contributed by atoms with Gasteiger partial charge in [-0.25, -0.2) is 4.79 Å². The van der Waals surface area contributed by atoms with E-state index in [2.05, 4.69) is 10.6 Å². The molecular formula is C18H20N2O2S. The maximum Gasteiger partial charge on any atom is 0.318 e. The molecule has 2 aromatic carbocycles. The minimum atomic E-state index is -0.232. The molecular weight excluding hydrogens is 308 g/mol. The summed E-state index contributed by atoms with van der Waals surface area (Å²) in [6.45, 7) is 5.61. The predicted octanol–water partition coefficient (Wildman–Crippen LogP) is 4.41. The number of amides is 2. The molecule has 0 aliphatic rings. The van der Waals surface area contributed by atoms with Crippen molar-refractivity contribution in [3.63, 3.8) is 0 Å². The van der Waals surface area contributed by atoms with Crippen LogP contribution in [0, 0.1) is 13.8 Å². The number of hydrogen-bond donors (Lipinski definition) is 2. The molecule has 0 spiro atoms. The normalized spacial score (nSPS) is 10.3. The Labute approximate surface area is 140 Å². The Morgan fingerprint density at radius 3 is 2.04 bits per heavy atom. The van der Waals surface area contributed by atoms with Gasteiger partial charge in [0.05, 0.1) is 0 Å². The van der Waals surface area contributed by atoms with Crippen LogP contribution in [0.3, 0.4) is 0 Å². The van der Waals surface area contributed by atoms with Crippen LogP contribution in [-0.2, 0) is 0 Å². The molecule has 0 heterocycles. The topological polar surface area (TPSA) is 58.2 Å². The first-order chi connectivity index (χ1) is 10.9. The highest BCUT2D eigenvalue weighted by Crippen LogP contribution is 2.34. The van der Waals surface area contributed by atoms with Crippen molar-refractivity contribution in [3.05, 3.63) is 53.1 Å². The number of nitrogens with one attached hydrogen (secondary N) is 2. The molecule has 0 aliphatic heterocycles. The van der Waals surface area contributed by atoms with Crippen molar-refractivity contribution < 1.29 is 9.59 Å². The van der Waals surface area contributed by atoms with E-state index in [0.717, 1.165) is 26.6 Å². The highest BCUT2D eigenvalue weighted by Gasteiger charge is 2.09. The Balaban J connectivity index is 2.23. The average Bonchev–Trinajstić information content (AvgIpc) is 2.51. The first kappa shape index (κ1) is 17.1. The third kappa shape index (κ3) is 4.36. The number of benzene rings is 2. The third-order valence-corrected chi connectivity index (χ3v) is 4.78. The van der Waals surface area contributed by atoms with Crippen LogP contribution in [0.2, 0.25) is 0 Å². The van der Waals surface area contributed by atoms with Gasteiger partial charge in [0.15, 0.2) is 5.78 Å². The number of carbonyl (C=O) groups excluding carboxylic acids is 2. The second-order valence-electron chi connectivity index (χ2n) is 5.33. The molecule has 0 atom stereocenters. The molecule has 120 valence electrons. The van der Waals surface area contributed by atoms with Gasteiger partial charge in [-0.1, -0.05) is 23.9 Å². The van der Waals surface area contributed by atoms with Gasteiger partial charge in [0, 0.05) is 28.1 Å². The van der Waals surface area contributed by atoms with Crippen LogP contribution in [0.1, 0.15) is 28.4 Å². The smallest absolute Gasteiger partial charge is 0.318 e. The third-order valence-electron chi connectivity index (χ3n) is 3.43. The van der Waals surface area contributed by atoms with E-state index >= 15 is 0 Å². The maximum absolute atomic E-state index is 11.4. The molecule has 4 nitrogen and oxygen atoms in total. The predicted molar refractivity (Wildman–Crippen MR) is 94.6 cm³/mol. The number of urea groups is 1. The van der Waals surface area contributed by atoms with Gasteiger partial charge in [-0.2, -0.15) is 0 Å². The molecule has 0 aliphatic carbocycles. The molecule has 0 bridgehead atoms. The number of hydrogen-bond acceptors (Lipinski definition) is 3. The van der Waals surface area contributed by atoms with Crippen molar-refractivity contribution in [2.45, 2.75) is 30.6 Å². The summed E-state index contributed by atoms with van der Waals surface area (Å²) in [5.74, 6) is 0.0681. The van der Waals surface area contributed by atoms with Crippen molar-refractivity contribution >= 4 is 29.3 Å². The number of anilines is 1. The lowest BCUT2D eigenvalue weighted by Gasteiger charge is -2.13. The molecule has 23 heavy (non-hydrogen) atoms. The molecule has 2 N–H and O–H groups in total. The molecule has 5 heteroatoms. The van der Waals surface area contributed by atoms with E-state index in [0.29, 0.717) is 5.56 Å². The molecule has 2 rings (SSSR count). The highest BCUT2D eigenvalue weighted by molar-refractivity contribution is 7.99. The van der Waals surface area contributed by atoms with Crippen molar-refractivity contribution in [1.82, 2.24) is 5.32 Å². The first-order valence-corrected chi connectivity index (χ1v) is 8.11. The van der Waals surface area contributed by atoms with Gasteiger partial charge in [0.1, 0.15) is 0 Å². The number of aryl methyl sites for hydroxylation is 2. The Bertz CT molecular complexity index is 716. The van der Waals surface area contributed by atoms with E-state index in [-0.39, 0.29) is 11.8 Å². The zero-order valence-corrected chi connectivity index (χ0v) is 14.5. The van der Waals surface area contributed by atoms with Crippen LogP contribution in [0.5, 0.6) is 0 Å². The number of rotatable bonds is 4. The van der Waals surface area contributed by atoms with E-state index in [4.69, 9.17) is 0 Å². The summed E-state index contributed by atoms with van der Waals surface area (Å²) in [5, 5.41) is 5.33. The minimum absolute atomic E-state index is 0.0681. The van der Waals surface area contributed by atoms with Crippen LogP contribution >= 0.6 is 11.8 Å². The number of carbonyl (C=O) groups is 2. The quantitative estimate of drug-likeness (QED) is 0.817. The van der Waals surface area contributed by atoms with Crippen molar-refractivity contribution in [1.29, 1.82) is 0 Å². The van der Waals surface area contributed by atoms with Crippen LogP contribution in [0.15, 0.2) is 46.2 Å². The van der Waals surface area contributed by atoms with Gasteiger partial charge in [0.25, 0.3) is 0 Å². The monoisotopic (exact) mass is 328 g/mol. The molecule has 2 aromatic rings. The van der Waals surface area contributed by atoms with E-state index < -0.39 is 0 Å². The molecule has 0 saturated carbocycles. The van der Waals surface area contributed by atoms with Crippen LogP contribution in [0.4, 0.5) is 10.5 Å². The molecule has 0 fully saturated rings. The fourth-order valence-corrected chi connectivity index (χ4v) is 3.20. The maximum atomic E-state index is 11.4. The second-order valence-corrected chi connectivity index (χ2v) is 6.41. The highest BCUT2D eigenvalue weighted by atomic mass is 32.2. The van der Waals surface area contributed by atoms with Gasteiger partial charge in [0.2, 0.25) is 0 Å². The Morgan fingerprint density at radius 1 is 1.00 bits per heavy atom. The summed E-state index contributed by atoms with van der Waals surface area (Å²) in [6.07, 6.45) is 0. The lowest BCUT2D eigenvalue weighted by atomic mass is 10.1. The SMILES string of the molecule is CNC(=O)Nc1cc(C)c(Sc2ccc(C(C)=O)cc2)c(C)c1. The number of ketones is 1. The summed E-state index contributed by atoms with van der Waals surface area (Å²) < 4.78 is 0. The van der Waals surface area contributed by atoms with E-state index in [1.54, 1.807) is 25.7 Å². The fraction of sp³-hybridized carbons (Fsp3) is 0.222. The van der Waals surface area contributed by atoms with Crippen molar-refractivity contribution in [2.75, 3.05) is 12.4 Å². The second kappa shape index (κ2) is 7.33. The van der Waals surface area contributed by atoms with E-state index in [9.17, 15) is 9.59 Å². The van der Waals surface area contributed by atoms with Crippen molar-refractivity contribution in [3.8, 4) is 0 Å². The summed E-state index contributed by atoms with van der Waals surface area (Å²) in [7, 11) is 1.59. The Hall–Kier alpha value is -2.27. The number of Topliss-reactive ketones (excluding diaryl/α,β-unsaturated/α-hetero) is 1. The molecule has 0 radical (unpaired) electrons. The largest absolute Gasteiger partial charge is 0.341 e. The van der Waals surface area contributed by atoms with Gasteiger partial charge >= 0.3 is 6.03 Å².